The maximum absolute atomic E-state index is 12.2. The fraction of sp³-hybridized carbons (Fsp3) is 0.182. The number of nitrogens with zero attached hydrogens (tertiary/aromatic N) is 1. The normalized spacial score (nSPS) is 11.0. The van der Waals surface area contributed by atoms with Gasteiger partial charge < -0.3 is 4.74 Å². The van der Waals surface area contributed by atoms with Crippen molar-refractivity contribution in [2.45, 2.75) is 20.8 Å². The van der Waals surface area contributed by atoms with Gasteiger partial charge in [0, 0.05) is 22.6 Å². The number of anilines is 1. The van der Waals surface area contributed by atoms with Gasteiger partial charge in [-0.3, -0.25) is 10.1 Å². The molecule has 1 amide bonds. The molecule has 1 aromatic heterocycles. The monoisotopic (exact) mass is 378 g/mol. The third-order valence-electron chi connectivity index (χ3n) is 4.34. The first-order valence-electron chi connectivity index (χ1n) is 8.63. The van der Waals surface area contributed by atoms with E-state index in [1.54, 1.807) is 13.2 Å². The molecule has 0 saturated carbocycles. The molecule has 3 rings (SSSR count). The van der Waals surface area contributed by atoms with Gasteiger partial charge >= 0.3 is 0 Å². The minimum atomic E-state index is -0.223. The van der Waals surface area contributed by atoms with Crippen LogP contribution in [0.3, 0.4) is 0 Å². The molecule has 1 heterocycles. The highest BCUT2D eigenvalue weighted by Crippen LogP contribution is 2.26. The second-order valence-corrected chi connectivity index (χ2v) is 7.26. The van der Waals surface area contributed by atoms with Gasteiger partial charge in [-0.2, -0.15) is 0 Å². The number of ether oxygens (including phenoxy) is 1. The van der Waals surface area contributed by atoms with Crippen LogP contribution in [0, 0.1) is 20.8 Å². The Morgan fingerprint density at radius 1 is 1.11 bits per heavy atom. The lowest BCUT2D eigenvalue weighted by atomic mass is 10.1. The summed E-state index contributed by atoms with van der Waals surface area (Å²) in [5, 5.41) is 5.35. The molecule has 4 nitrogen and oxygen atoms in total. The van der Waals surface area contributed by atoms with Crippen molar-refractivity contribution in [1.82, 2.24) is 4.98 Å². The van der Waals surface area contributed by atoms with Crippen LogP contribution in [0.4, 0.5) is 5.13 Å². The lowest BCUT2D eigenvalue weighted by Gasteiger charge is -2.05. The predicted molar refractivity (Wildman–Crippen MR) is 112 cm³/mol. The summed E-state index contributed by atoms with van der Waals surface area (Å²) >= 11 is 1.41. The number of aryl methyl sites for hydroxylation is 3. The lowest BCUT2D eigenvalue weighted by Crippen LogP contribution is -2.07. The Hall–Kier alpha value is -2.92. The molecule has 1 N–H and O–H groups in total. The zero-order valence-electron chi connectivity index (χ0n) is 15.9. The highest BCUT2D eigenvalue weighted by molar-refractivity contribution is 7.14. The fourth-order valence-corrected chi connectivity index (χ4v) is 3.38. The first-order valence-corrected chi connectivity index (χ1v) is 9.51. The number of benzene rings is 2. The van der Waals surface area contributed by atoms with Crippen LogP contribution in [-0.4, -0.2) is 18.0 Å². The van der Waals surface area contributed by atoms with Gasteiger partial charge in [-0.1, -0.05) is 23.8 Å². The molecule has 27 heavy (non-hydrogen) atoms. The van der Waals surface area contributed by atoms with E-state index in [4.69, 9.17) is 4.74 Å². The van der Waals surface area contributed by atoms with Crippen molar-refractivity contribution < 1.29 is 9.53 Å². The van der Waals surface area contributed by atoms with E-state index < -0.39 is 0 Å². The average Bonchev–Trinajstić information content (AvgIpc) is 3.11. The van der Waals surface area contributed by atoms with Gasteiger partial charge in [0.15, 0.2) is 5.13 Å². The summed E-state index contributed by atoms with van der Waals surface area (Å²) < 4.78 is 5.33. The largest absolute Gasteiger partial charge is 0.496 e. The van der Waals surface area contributed by atoms with Crippen molar-refractivity contribution in [2.75, 3.05) is 12.4 Å². The van der Waals surface area contributed by atoms with Gasteiger partial charge in [-0.05, 0) is 56.2 Å². The van der Waals surface area contributed by atoms with E-state index in [0.29, 0.717) is 5.13 Å². The number of aromatic nitrogens is 1. The highest BCUT2D eigenvalue weighted by Gasteiger charge is 2.08. The Labute approximate surface area is 163 Å². The molecule has 0 spiro atoms. The minimum absolute atomic E-state index is 0.223. The molecule has 3 aromatic rings. The van der Waals surface area contributed by atoms with E-state index in [0.717, 1.165) is 28.1 Å². The van der Waals surface area contributed by atoms with E-state index in [9.17, 15) is 4.79 Å². The summed E-state index contributed by atoms with van der Waals surface area (Å²) in [6, 6.07) is 12.1. The number of thiazole rings is 1. The van der Waals surface area contributed by atoms with E-state index in [1.807, 2.05) is 36.6 Å². The number of nitrogens with one attached hydrogen (secondary N) is 1. The molecule has 0 bridgehead atoms. The molecular formula is C22H22N2O2S. The third-order valence-corrected chi connectivity index (χ3v) is 5.09. The molecule has 0 atom stereocenters. The number of carbonyl (C=O) groups excluding carboxylic acids is 1. The van der Waals surface area contributed by atoms with Crippen molar-refractivity contribution in [1.29, 1.82) is 0 Å². The maximum Gasteiger partial charge on any atom is 0.250 e. The minimum Gasteiger partial charge on any atom is -0.496 e. The first-order chi connectivity index (χ1) is 13.0. The molecule has 138 valence electrons. The standard InChI is InChI=1S/C22H22N2O2S/c1-14-5-9-20(26-4)18(11-14)8-10-21(25)24-22-23-19(13-27-22)17-7-6-15(2)16(3)12-17/h5-13H,1-4H3,(H,23,24,25)/b10-8+. The SMILES string of the molecule is COc1ccc(C)cc1/C=C/C(=O)Nc1nc(-c2ccc(C)c(C)c2)cs1. The van der Waals surface area contributed by atoms with Crippen LogP contribution in [0.1, 0.15) is 22.3 Å². The highest BCUT2D eigenvalue weighted by atomic mass is 32.1. The number of hydrogen-bond donors (Lipinski definition) is 1. The second-order valence-electron chi connectivity index (χ2n) is 6.40. The third kappa shape index (κ3) is 4.63. The number of carbonyl (C=O) groups is 1. The van der Waals surface area contributed by atoms with Crippen LogP contribution >= 0.6 is 11.3 Å². The summed E-state index contributed by atoms with van der Waals surface area (Å²) in [5.74, 6) is 0.510. The summed E-state index contributed by atoms with van der Waals surface area (Å²) in [6.07, 6.45) is 3.24. The van der Waals surface area contributed by atoms with Crippen molar-refractivity contribution in [3.8, 4) is 17.0 Å². The van der Waals surface area contributed by atoms with Crippen LogP contribution in [0.15, 0.2) is 47.9 Å². The van der Waals surface area contributed by atoms with Gasteiger partial charge in [-0.15, -0.1) is 11.3 Å². The number of methoxy groups -OCH3 is 1. The van der Waals surface area contributed by atoms with E-state index in [1.165, 1.54) is 28.5 Å². The predicted octanol–water partition coefficient (Wildman–Crippen LogP) is 5.40. The smallest absolute Gasteiger partial charge is 0.250 e. The van der Waals surface area contributed by atoms with Crippen molar-refractivity contribution >= 4 is 28.5 Å². The van der Waals surface area contributed by atoms with E-state index in [2.05, 4.69) is 36.3 Å². The van der Waals surface area contributed by atoms with Crippen molar-refractivity contribution in [2.24, 2.45) is 0 Å². The van der Waals surface area contributed by atoms with E-state index >= 15 is 0 Å². The van der Waals surface area contributed by atoms with Crippen LogP contribution in [0.2, 0.25) is 0 Å². The molecule has 0 radical (unpaired) electrons. The fourth-order valence-electron chi connectivity index (χ4n) is 2.66. The Bertz CT molecular complexity index is 1010. The topological polar surface area (TPSA) is 51.2 Å². The Balaban J connectivity index is 1.71. The quantitative estimate of drug-likeness (QED) is 0.605. The molecule has 2 aromatic carbocycles. The van der Waals surface area contributed by atoms with Crippen molar-refractivity contribution in [3.05, 3.63) is 70.1 Å². The summed E-state index contributed by atoms with van der Waals surface area (Å²) in [7, 11) is 1.62. The van der Waals surface area contributed by atoms with E-state index in [-0.39, 0.29) is 5.91 Å². The Morgan fingerprint density at radius 2 is 1.93 bits per heavy atom. The maximum atomic E-state index is 12.2. The summed E-state index contributed by atoms with van der Waals surface area (Å²) in [6.45, 7) is 6.17. The number of rotatable bonds is 5. The second kappa shape index (κ2) is 8.18. The zero-order chi connectivity index (χ0) is 19.4. The van der Waals surface area contributed by atoms with Crippen LogP contribution in [0.25, 0.3) is 17.3 Å². The van der Waals surface area contributed by atoms with Crippen LogP contribution in [-0.2, 0) is 4.79 Å². The number of amides is 1. The van der Waals surface area contributed by atoms with Crippen LogP contribution < -0.4 is 10.1 Å². The molecule has 0 aliphatic carbocycles. The van der Waals surface area contributed by atoms with Gasteiger partial charge in [0.25, 0.3) is 0 Å². The molecule has 5 heteroatoms. The molecule has 0 fully saturated rings. The van der Waals surface area contributed by atoms with Crippen molar-refractivity contribution in [3.63, 3.8) is 0 Å². The molecular weight excluding hydrogens is 356 g/mol. The molecule has 0 aliphatic rings. The van der Waals surface area contributed by atoms with Gasteiger partial charge in [0.2, 0.25) is 5.91 Å². The molecule has 0 aliphatic heterocycles. The average molecular weight is 378 g/mol. The van der Waals surface area contributed by atoms with Gasteiger partial charge in [0.1, 0.15) is 5.75 Å². The number of hydrogen-bond acceptors (Lipinski definition) is 4. The molecule has 0 saturated heterocycles. The van der Waals surface area contributed by atoms with Gasteiger partial charge in [0.05, 0.1) is 12.8 Å². The Kier molecular flexibility index (Phi) is 5.72. The lowest BCUT2D eigenvalue weighted by molar-refractivity contribution is -0.111. The summed E-state index contributed by atoms with van der Waals surface area (Å²) in [4.78, 5) is 16.8. The molecule has 0 unspecified atom stereocenters. The van der Waals surface area contributed by atoms with Crippen LogP contribution in [0.5, 0.6) is 5.75 Å². The first kappa shape index (κ1) is 18.9. The zero-order valence-corrected chi connectivity index (χ0v) is 16.7. The summed E-state index contributed by atoms with van der Waals surface area (Å²) in [5.41, 5.74) is 6.36. The van der Waals surface area contributed by atoms with Gasteiger partial charge in [-0.25, -0.2) is 4.98 Å². The Morgan fingerprint density at radius 3 is 2.67 bits per heavy atom.